The lowest BCUT2D eigenvalue weighted by Crippen LogP contribution is -2.48. The van der Waals surface area contributed by atoms with Crippen LogP contribution in [0.5, 0.6) is 0 Å². The molecule has 0 N–H and O–H groups in total. The Morgan fingerprint density at radius 3 is 2.43 bits per heavy atom. The number of hydrogen-bond acceptors (Lipinski definition) is 5. The van der Waals surface area contributed by atoms with Gasteiger partial charge in [0.25, 0.3) is 5.91 Å². The first kappa shape index (κ1) is 18.7. The number of hydrogen-bond donors (Lipinski definition) is 0. The molecule has 146 valence electrons. The lowest BCUT2D eigenvalue weighted by Gasteiger charge is -2.34. The second-order valence-electron chi connectivity index (χ2n) is 7.37. The van der Waals surface area contributed by atoms with Crippen molar-refractivity contribution < 1.29 is 4.79 Å². The summed E-state index contributed by atoms with van der Waals surface area (Å²) in [4.78, 5) is 23.9. The average Bonchev–Trinajstić information content (AvgIpc) is 3.16. The number of thiazole rings is 1. The summed E-state index contributed by atoms with van der Waals surface area (Å²) >= 11 is 1.75. The highest BCUT2D eigenvalue weighted by molar-refractivity contribution is 7.22. The molecule has 2 aromatic carbocycles. The minimum absolute atomic E-state index is 0.113. The Morgan fingerprint density at radius 1 is 1.07 bits per heavy atom. The van der Waals surface area contributed by atoms with E-state index in [4.69, 9.17) is 4.98 Å². The molecule has 1 aliphatic rings. The van der Waals surface area contributed by atoms with Gasteiger partial charge >= 0.3 is 0 Å². The largest absolute Gasteiger partial charge is 0.378 e. The molecule has 2 heterocycles. The molecule has 6 heteroatoms. The van der Waals surface area contributed by atoms with Crippen molar-refractivity contribution in [1.29, 1.82) is 0 Å². The number of anilines is 2. The fourth-order valence-electron chi connectivity index (χ4n) is 3.50. The van der Waals surface area contributed by atoms with Crippen LogP contribution < -0.4 is 9.80 Å². The van der Waals surface area contributed by atoms with Crippen LogP contribution in [0.2, 0.25) is 0 Å². The Kier molecular flexibility index (Phi) is 5.22. The van der Waals surface area contributed by atoms with Crippen molar-refractivity contribution in [2.45, 2.75) is 13.3 Å². The molecule has 0 aliphatic carbocycles. The quantitative estimate of drug-likeness (QED) is 0.673. The molecular formula is C22H26N4OS. The van der Waals surface area contributed by atoms with Gasteiger partial charge in [-0.1, -0.05) is 24.3 Å². The third kappa shape index (κ3) is 3.69. The van der Waals surface area contributed by atoms with Crippen molar-refractivity contribution in [1.82, 2.24) is 9.88 Å². The van der Waals surface area contributed by atoms with Crippen molar-refractivity contribution in [3.05, 3.63) is 53.6 Å². The molecule has 0 bridgehead atoms. The number of benzene rings is 2. The summed E-state index contributed by atoms with van der Waals surface area (Å²) in [6, 6.07) is 14.3. The Labute approximate surface area is 170 Å². The summed E-state index contributed by atoms with van der Waals surface area (Å²) in [7, 11) is 4.00. The molecule has 1 aromatic heterocycles. The summed E-state index contributed by atoms with van der Waals surface area (Å²) in [5.74, 6) is 0.113. The number of amides is 1. The fourth-order valence-corrected chi connectivity index (χ4v) is 4.58. The summed E-state index contributed by atoms with van der Waals surface area (Å²) < 4.78 is 1.24. The predicted molar refractivity (Wildman–Crippen MR) is 118 cm³/mol. The Hall–Kier alpha value is -2.60. The van der Waals surface area contributed by atoms with Gasteiger partial charge in [0.1, 0.15) is 0 Å². The summed E-state index contributed by atoms with van der Waals surface area (Å²) in [6.07, 6.45) is 1.04. The maximum atomic E-state index is 12.8. The normalized spacial score (nSPS) is 14.5. The first-order chi connectivity index (χ1) is 13.5. The SMILES string of the molecule is CCc1ccc2nc(N3CCN(C(=O)c4ccc(N(C)C)cc4)CC3)sc2c1. The van der Waals surface area contributed by atoms with Crippen molar-refractivity contribution in [3.8, 4) is 0 Å². The highest BCUT2D eigenvalue weighted by Gasteiger charge is 2.24. The van der Waals surface area contributed by atoms with Gasteiger partial charge in [-0.25, -0.2) is 4.98 Å². The molecule has 0 saturated carbocycles. The van der Waals surface area contributed by atoms with Gasteiger partial charge in [0, 0.05) is 51.5 Å². The first-order valence-corrected chi connectivity index (χ1v) is 10.6. The standard InChI is InChI=1S/C22H26N4OS/c1-4-16-5-10-19-20(15-16)28-22(23-19)26-13-11-25(12-14-26)21(27)17-6-8-18(9-7-17)24(2)3/h5-10,15H,4,11-14H2,1-3H3. The minimum atomic E-state index is 0.113. The van der Waals surface area contributed by atoms with Crippen LogP contribution in [0.25, 0.3) is 10.2 Å². The third-order valence-electron chi connectivity index (χ3n) is 5.32. The van der Waals surface area contributed by atoms with Gasteiger partial charge < -0.3 is 14.7 Å². The maximum absolute atomic E-state index is 12.8. The van der Waals surface area contributed by atoms with Gasteiger partial charge in [0.15, 0.2) is 5.13 Å². The van der Waals surface area contributed by atoms with E-state index < -0.39 is 0 Å². The van der Waals surface area contributed by atoms with Gasteiger partial charge in [-0.15, -0.1) is 0 Å². The number of carbonyl (C=O) groups is 1. The van der Waals surface area contributed by atoms with E-state index >= 15 is 0 Å². The molecular weight excluding hydrogens is 368 g/mol. The Bertz CT molecular complexity index is 972. The Balaban J connectivity index is 1.42. The number of aryl methyl sites for hydroxylation is 1. The third-order valence-corrected chi connectivity index (χ3v) is 6.40. The summed E-state index contributed by atoms with van der Waals surface area (Å²) in [5.41, 5.74) is 4.27. The maximum Gasteiger partial charge on any atom is 0.253 e. The monoisotopic (exact) mass is 394 g/mol. The molecule has 0 radical (unpaired) electrons. The van der Waals surface area contributed by atoms with Crippen molar-refractivity contribution in [2.75, 3.05) is 50.1 Å². The molecule has 1 aliphatic heterocycles. The lowest BCUT2D eigenvalue weighted by atomic mass is 10.1. The molecule has 5 nitrogen and oxygen atoms in total. The molecule has 1 saturated heterocycles. The van der Waals surface area contributed by atoms with Gasteiger partial charge in [-0.2, -0.15) is 0 Å². The van der Waals surface area contributed by atoms with Crippen molar-refractivity contribution >= 4 is 38.3 Å². The van der Waals surface area contributed by atoms with Gasteiger partial charge in [0.05, 0.1) is 10.2 Å². The smallest absolute Gasteiger partial charge is 0.253 e. The van der Waals surface area contributed by atoms with Crippen LogP contribution >= 0.6 is 11.3 Å². The molecule has 0 unspecified atom stereocenters. The van der Waals surface area contributed by atoms with Gasteiger partial charge in [0.2, 0.25) is 0 Å². The lowest BCUT2D eigenvalue weighted by molar-refractivity contribution is 0.0747. The van der Waals surface area contributed by atoms with Gasteiger partial charge in [-0.05, 0) is 48.4 Å². The average molecular weight is 395 g/mol. The zero-order valence-electron chi connectivity index (χ0n) is 16.7. The number of nitrogens with zero attached hydrogens (tertiary/aromatic N) is 4. The first-order valence-electron chi connectivity index (χ1n) is 9.76. The highest BCUT2D eigenvalue weighted by Crippen LogP contribution is 2.30. The topological polar surface area (TPSA) is 39.7 Å². The number of piperazine rings is 1. The fraction of sp³-hybridized carbons (Fsp3) is 0.364. The number of aromatic nitrogens is 1. The van der Waals surface area contributed by atoms with E-state index in [-0.39, 0.29) is 5.91 Å². The van der Waals surface area contributed by atoms with E-state index in [1.54, 1.807) is 11.3 Å². The van der Waals surface area contributed by atoms with E-state index in [0.29, 0.717) is 0 Å². The zero-order valence-corrected chi connectivity index (χ0v) is 17.5. The number of fused-ring (bicyclic) bond motifs is 1. The van der Waals surface area contributed by atoms with Crippen LogP contribution in [0, 0.1) is 0 Å². The van der Waals surface area contributed by atoms with E-state index in [1.165, 1.54) is 10.3 Å². The molecule has 0 atom stereocenters. The van der Waals surface area contributed by atoms with Crippen LogP contribution in [-0.2, 0) is 6.42 Å². The highest BCUT2D eigenvalue weighted by atomic mass is 32.1. The molecule has 1 fully saturated rings. The van der Waals surface area contributed by atoms with Gasteiger partial charge in [-0.3, -0.25) is 4.79 Å². The van der Waals surface area contributed by atoms with Crippen LogP contribution in [0.3, 0.4) is 0 Å². The van der Waals surface area contributed by atoms with E-state index in [1.807, 2.05) is 48.2 Å². The van der Waals surface area contributed by atoms with Crippen molar-refractivity contribution in [3.63, 3.8) is 0 Å². The second-order valence-corrected chi connectivity index (χ2v) is 8.38. The van der Waals surface area contributed by atoms with Crippen LogP contribution in [0.15, 0.2) is 42.5 Å². The van der Waals surface area contributed by atoms with E-state index in [9.17, 15) is 4.79 Å². The molecule has 28 heavy (non-hydrogen) atoms. The summed E-state index contributed by atoms with van der Waals surface area (Å²) in [5, 5.41) is 1.06. The van der Waals surface area contributed by atoms with E-state index in [2.05, 4.69) is 30.0 Å². The van der Waals surface area contributed by atoms with E-state index in [0.717, 1.165) is 54.5 Å². The minimum Gasteiger partial charge on any atom is -0.378 e. The molecule has 4 rings (SSSR count). The summed E-state index contributed by atoms with van der Waals surface area (Å²) in [6.45, 7) is 5.27. The van der Waals surface area contributed by atoms with Crippen LogP contribution in [0.4, 0.5) is 10.8 Å². The second kappa shape index (κ2) is 7.80. The molecule has 1 amide bonds. The predicted octanol–water partition coefficient (Wildman–Crippen LogP) is 3.89. The number of rotatable bonds is 4. The molecule has 3 aromatic rings. The van der Waals surface area contributed by atoms with Crippen molar-refractivity contribution in [2.24, 2.45) is 0 Å². The van der Waals surface area contributed by atoms with Crippen LogP contribution in [-0.4, -0.2) is 56.1 Å². The molecule has 0 spiro atoms. The number of carbonyl (C=O) groups excluding carboxylic acids is 1. The van der Waals surface area contributed by atoms with Crippen LogP contribution in [0.1, 0.15) is 22.8 Å². The Morgan fingerprint density at radius 2 is 1.79 bits per heavy atom. The zero-order chi connectivity index (χ0) is 19.7.